The number of rotatable bonds is 6. The summed E-state index contributed by atoms with van der Waals surface area (Å²) in [6.07, 6.45) is 4.89. The van der Waals surface area contributed by atoms with Crippen molar-refractivity contribution in [1.82, 2.24) is 19.6 Å². The highest BCUT2D eigenvalue weighted by atomic mass is 35.5. The Bertz CT molecular complexity index is 573. The fraction of sp³-hybridized carbons (Fsp3) is 0.417. The third-order valence-corrected chi connectivity index (χ3v) is 2.91. The van der Waals surface area contributed by atoms with Gasteiger partial charge in [-0.2, -0.15) is 10.2 Å². The summed E-state index contributed by atoms with van der Waals surface area (Å²) in [5, 5.41) is 11.5. The first-order chi connectivity index (χ1) is 9.58. The summed E-state index contributed by atoms with van der Waals surface area (Å²) >= 11 is 5.88. The largest absolute Gasteiger partial charge is 0.360 e. The molecule has 0 unspecified atom stereocenters. The van der Waals surface area contributed by atoms with Gasteiger partial charge in [-0.1, -0.05) is 11.6 Å². The van der Waals surface area contributed by atoms with E-state index >= 15 is 0 Å². The Morgan fingerprint density at radius 1 is 1.45 bits per heavy atom. The highest BCUT2D eigenvalue weighted by Crippen LogP contribution is 2.12. The van der Waals surface area contributed by atoms with Crippen LogP contribution in [0, 0.1) is 6.92 Å². The molecule has 0 aromatic carbocycles. The predicted octanol–water partition coefficient (Wildman–Crippen LogP) is 1.67. The number of nitrogens with one attached hydrogen (secondary N) is 1. The third-order valence-electron chi connectivity index (χ3n) is 2.54. The minimum Gasteiger partial charge on any atom is -0.360 e. The lowest BCUT2D eigenvalue weighted by molar-refractivity contribution is -0.116. The van der Waals surface area contributed by atoms with Crippen LogP contribution in [0.4, 0.5) is 5.69 Å². The molecule has 0 bridgehead atoms. The zero-order chi connectivity index (χ0) is 14.5. The first-order valence-electron chi connectivity index (χ1n) is 6.18. The number of ether oxygens (including phenoxy) is 1. The fourth-order valence-electron chi connectivity index (χ4n) is 1.61. The Morgan fingerprint density at radius 3 is 2.90 bits per heavy atom. The van der Waals surface area contributed by atoms with E-state index in [-0.39, 0.29) is 12.5 Å². The van der Waals surface area contributed by atoms with Gasteiger partial charge in [0.2, 0.25) is 5.91 Å². The van der Waals surface area contributed by atoms with Crippen LogP contribution in [-0.4, -0.2) is 32.1 Å². The Kier molecular flexibility index (Phi) is 4.75. The van der Waals surface area contributed by atoms with Gasteiger partial charge in [-0.3, -0.25) is 9.48 Å². The molecule has 0 aliphatic rings. The molecule has 8 heteroatoms. The van der Waals surface area contributed by atoms with Gasteiger partial charge in [0.1, 0.15) is 13.3 Å². The Labute approximate surface area is 121 Å². The Morgan fingerprint density at radius 2 is 2.25 bits per heavy atom. The maximum Gasteiger partial charge on any atom is 0.246 e. The van der Waals surface area contributed by atoms with E-state index in [1.807, 2.05) is 6.92 Å². The van der Waals surface area contributed by atoms with Crippen molar-refractivity contribution >= 4 is 23.2 Å². The number of anilines is 1. The molecule has 108 valence electrons. The number of aryl methyl sites for hydroxylation is 1. The second kappa shape index (κ2) is 6.53. The normalized spacial score (nSPS) is 10.8. The SMILES string of the molecule is CCOCn1cc(NC(=O)Cn2cc(Cl)c(C)n2)cn1. The van der Waals surface area contributed by atoms with Crippen molar-refractivity contribution in [3.05, 3.63) is 29.3 Å². The summed E-state index contributed by atoms with van der Waals surface area (Å²) in [5.74, 6) is -0.194. The van der Waals surface area contributed by atoms with Gasteiger partial charge in [0.05, 0.1) is 28.8 Å². The van der Waals surface area contributed by atoms with Crippen LogP contribution in [0.1, 0.15) is 12.6 Å². The molecular formula is C12H16ClN5O2. The molecule has 1 amide bonds. The van der Waals surface area contributed by atoms with E-state index in [2.05, 4.69) is 15.5 Å². The average molecular weight is 298 g/mol. The Balaban J connectivity index is 1.89. The lowest BCUT2D eigenvalue weighted by Crippen LogP contribution is -2.18. The summed E-state index contributed by atoms with van der Waals surface area (Å²) in [6, 6.07) is 0. The molecule has 0 aliphatic carbocycles. The summed E-state index contributed by atoms with van der Waals surface area (Å²) in [4.78, 5) is 11.8. The van der Waals surface area contributed by atoms with Crippen LogP contribution >= 0.6 is 11.6 Å². The number of nitrogens with zero attached hydrogens (tertiary/aromatic N) is 4. The molecule has 7 nitrogen and oxygen atoms in total. The highest BCUT2D eigenvalue weighted by molar-refractivity contribution is 6.31. The highest BCUT2D eigenvalue weighted by Gasteiger charge is 2.08. The van der Waals surface area contributed by atoms with Crippen LogP contribution in [0.5, 0.6) is 0 Å². The zero-order valence-corrected chi connectivity index (χ0v) is 12.1. The quantitative estimate of drug-likeness (QED) is 0.880. The first-order valence-corrected chi connectivity index (χ1v) is 6.56. The molecule has 2 heterocycles. The lowest BCUT2D eigenvalue weighted by Gasteiger charge is -2.02. The number of aromatic nitrogens is 4. The summed E-state index contributed by atoms with van der Waals surface area (Å²) in [7, 11) is 0. The van der Waals surface area contributed by atoms with E-state index in [1.165, 1.54) is 4.68 Å². The van der Waals surface area contributed by atoms with Gasteiger partial charge < -0.3 is 10.1 Å². The van der Waals surface area contributed by atoms with E-state index in [0.717, 1.165) is 0 Å². The topological polar surface area (TPSA) is 74.0 Å². The summed E-state index contributed by atoms with van der Waals surface area (Å²) < 4.78 is 8.31. The van der Waals surface area contributed by atoms with Crippen molar-refractivity contribution in [3.63, 3.8) is 0 Å². The van der Waals surface area contributed by atoms with Gasteiger partial charge in [-0.05, 0) is 13.8 Å². The second-order valence-electron chi connectivity index (χ2n) is 4.20. The molecule has 0 fully saturated rings. The Hall–Kier alpha value is -1.86. The smallest absolute Gasteiger partial charge is 0.246 e. The van der Waals surface area contributed by atoms with Crippen molar-refractivity contribution in [1.29, 1.82) is 0 Å². The van der Waals surface area contributed by atoms with Crippen LogP contribution in [0.15, 0.2) is 18.6 Å². The molecule has 0 aliphatic heterocycles. The number of hydrogen-bond acceptors (Lipinski definition) is 4. The molecule has 0 atom stereocenters. The van der Waals surface area contributed by atoms with Gasteiger partial charge in [0, 0.05) is 12.8 Å². The lowest BCUT2D eigenvalue weighted by atomic mass is 10.5. The van der Waals surface area contributed by atoms with Gasteiger partial charge in [-0.15, -0.1) is 0 Å². The number of amides is 1. The number of carbonyl (C=O) groups excluding carboxylic acids is 1. The minimum atomic E-state index is -0.194. The van der Waals surface area contributed by atoms with Gasteiger partial charge >= 0.3 is 0 Å². The monoisotopic (exact) mass is 297 g/mol. The van der Waals surface area contributed by atoms with Gasteiger partial charge in [0.15, 0.2) is 0 Å². The molecule has 20 heavy (non-hydrogen) atoms. The zero-order valence-electron chi connectivity index (χ0n) is 11.3. The molecule has 2 rings (SSSR count). The summed E-state index contributed by atoms with van der Waals surface area (Å²) in [6.45, 7) is 4.77. The molecule has 0 spiro atoms. The van der Waals surface area contributed by atoms with Crippen molar-refractivity contribution in [3.8, 4) is 0 Å². The van der Waals surface area contributed by atoms with Crippen LogP contribution in [-0.2, 0) is 22.8 Å². The van der Waals surface area contributed by atoms with E-state index in [0.29, 0.717) is 29.7 Å². The fourth-order valence-corrected chi connectivity index (χ4v) is 1.76. The van der Waals surface area contributed by atoms with E-state index in [1.54, 1.807) is 30.2 Å². The predicted molar refractivity (Wildman–Crippen MR) is 74.5 cm³/mol. The maximum atomic E-state index is 11.8. The third kappa shape index (κ3) is 3.82. The average Bonchev–Trinajstić information content (AvgIpc) is 2.94. The van der Waals surface area contributed by atoms with E-state index in [4.69, 9.17) is 16.3 Å². The number of carbonyl (C=O) groups is 1. The van der Waals surface area contributed by atoms with Crippen molar-refractivity contribution in [2.75, 3.05) is 11.9 Å². The number of hydrogen-bond donors (Lipinski definition) is 1. The van der Waals surface area contributed by atoms with Crippen LogP contribution in [0.25, 0.3) is 0 Å². The first kappa shape index (κ1) is 14.5. The van der Waals surface area contributed by atoms with Crippen molar-refractivity contribution in [2.45, 2.75) is 27.1 Å². The standard InChI is InChI=1S/C12H16ClN5O2/c1-3-20-8-18-5-10(4-14-18)15-12(19)7-17-6-11(13)9(2)16-17/h4-6H,3,7-8H2,1-2H3,(H,15,19). The van der Waals surface area contributed by atoms with Crippen LogP contribution < -0.4 is 5.32 Å². The molecule has 0 radical (unpaired) electrons. The number of halogens is 1. The van der Waals surface area contributed by atoms with Crippen molar-refractivity contribution < 1.29 is 9.53 Å². The molecule has 0 saturated carbocycles. The van der Waals surface area contributed by atoms with Crippen LogP contribution in [0.3, 0.4) is 0 Å². The van der Waals surface area contributed by atoms with Gasteiger partial charge in [0.25, 0.3) is 0 Å². The van der Waals surface area contributed by atoms with Crippen LogP contribution in [0.2, 0.25) is 5.02 Å². The second-order valence-corrected chi connectivity index (χ2v) is 4.61. The molecule has 2 aromatic rings. The van der Waals surface area contributed by atoms with E-state index < -0.39 is 0 Å². The maximum absolute atomic E-state index is 11.8. The molecule has 0 saturated heterocycles. The minimum absolute atomic E-state index is 0.101. The van der Waals surface area contributed by atoms with Crippen molar-refractivity contribution in [2.24, 2.45) is 0 Å². The summed E-state index contributed by atoms with van der Waals surface area (Å²) in [5.41, 5.74) is 1.31. The molecule has 1 N–H and O–H groups in total. The molecule has 2 aromatic heterocycles. The molecular weight excluding hydrogens is 282 g/mol. The van der Waals surface area contributed by atoms with E-state index in [9.17, 15) is 4.79 Å². The van der Waals surface area contributed by atoms with Gasteiger partial charge in [-0.25, -0.2) is 4.68 Å².